The summed E-state index contributed by atoms with van der Waals surface area (Å²) < 4.78 is 0. The molecule has 0 bridgehead atoms. The Balaban J connectivity index is 1.51. The lowest BCUT2D eigenvalue weighted by atomic mass is 9.76. The summed E-state index contributed by atoms with van der Waals surface area (Å²) in [5, 5.41) is 0. The second kappa shape index (κ2) is 5.50. The SMILES string of the molecule is NC1(C(=O)N2CCN(Cc3ccncc3)CC2)CCC1. The van der Waals surface area contributed by atoms with Crippen LogP contribution in [0, 0.1) is 0 Å². The molecule has 1 aromatic heterocycles. The number of pyridine rings is 1. The highest BCUT2D eigenvalue weighted by Crippen LogP contribution is 2.31. The molecule has 108 valence electrons. The van der Waals surface area contributed by atoms with Crippen molar-refractivity contribution in [1.82, 2.24) is 14.8 Å². The standard InChI is InChI=1S/C15H22N4O/c16-15(4-1-5-15)14(20)19-10-8-18(9-11-19)12-13-2-6-17-7-3-13/h2-3,6-7H,1,4-5,8-12,16H2. The van der Waals surface area contributed by atoms with Crippen molar-refractivity contribution in [3.8, 4) is 0 Å². The molecule has 1 saturated heterocycles. The summed E-state index contributed by atoms with van der Waals surface area (Å²) in [7, 11) is 0. The van der Waals surface area contributed by atoms with Crippen LogP contribution in [-0.4, -0.2) is 52.4 Å². The Hall–Kier alpha value is -1.46. The Labute approximate surface area is 119 Å². The lowest BCUT2D eigenvalue weighted by Crippen LogP contribution is -2.62. The molecule has 2 heterocycles. The predicted octanol–water partition coefficient (Wildman–Crippen LogP) is 0.607. The fourth-order valence-electron chi connectivity index (χ4n) is 2.94. The van der Waals surface area contributed by atoms with Crippen LogP contribution in [0.1, 0.15) is 24.8 Å². The second-order valence-corrected chi connectivity index (χ2v) is 5.93. The van der Waals surface area contributed by atoms with Crippen molar-refractivity contribution in [2.45, 2.75) is 31.3 Å². The normalized spacial score (nSPS) is 22.4. The van der Waals surface area contributed by atoms with E-state index in [4.69, 9.17) is 5.73 Å². The van der Waals surface area contributed by atoms with E-state index in [2.05, 4.69) is 9.88 Å². The molecule has 3 rings (SSSR count). The zero-order valence-corrected chi connectivity index (χ0v) is 11.8. The molecule has 1 saturated carbocycles. The maximum Gasteiger partial charge on any atom is 0.242 e. The van der Waals surface area contributed by atoms with Gasteiger partial charge >= 0.3 is 0 Å². The van der Waals surface area contributed by atoms with Crippen molar-refractivity contribution in [3.63, 3.8) is 0 Å². The summed E-state index contributed by atoms with van der Waals surface area (Å²) in [4.78, 5) is 20.7. The van der Waals surface area contributed by atoms with Gasteiger partial charge in [0, 0.05) is 45.1 Å². The highest BCUT2D eigenvalue weighted by atomic mass is 16.2. The molecule has 1 aromatic rings. The fraction of sp³-hybridized carbons (Fsp3) is 0.600. The van der Waals surface area contributed by atoms with Gasteiger partial charge in [-0.25, -0.2) is 0 Å². The third-order valence-corrected chi connectivity index (χ3v) is 4.49. The van der Waals surface area contributed by atoms with E-state index in [9.17, 15) is 4.79 Å². The van der Waals surface area contributed by atoms with E-state index < -0.39 is 5.54 Å². The quantitative estimate of drug-likeness (QED) is 0.877. The fourth-order valence-corrected chi connectivity index (χ4v) is 2.94. The van der Waals surface area contributed by atoms with Crippen molar-refractivity contribution >= 4 is 5.91 Å². The Bertz CT molecular complexity index is 464. The van der Waals surface area contributed by atoms with Gasteiger partial charge in [-0.1, -0.05) is 0 Å². The number of piperazine rings is 1. The van der Waals surface area contributed by atoms with Crippen LogP contribution in [0.2, 0.25) is 0 Å². The summed E-state index contributed by atoms with van der Waals surface area (Å²) in [6.07, 6.45) is 6.43. The van der Waals surface area contributed by atoms with E-state index in [-0.39, 0.29) is 5.91 Å². The highest BCUT2D eigenvalue weighted by molar-refractivity contribution is 5.87. The first kappa shape index (κ1) is 13.5. The van der Waals surface area contributed by atoms with Gasteiger partial charge in [0.15, 0.2) is 0 Å². The van der Waals surface area contributed by atoms with Crippen LogP contribution < -0.4 is 5.73 Å². The zero-order chi connectivity index (χ0) is 14.0. The van der Waals surface area contributed by atoms with Crippen molar-refractivity contribution < 1.29 is 4.79 Å². The van der Waals surface area contributed by atoms with Crippen LogP contribution in [0.15, 0.2) is 24.5 Å². The molecular weight excluding hydrogens is 252 g/mol. The first-order chi connectivity index (χ1) is 9.67. The molecule has 2 fully saturated rings. The maximum atomic E-state index is 12.3. The number of hydrogen-bond donors (Lipinski definition) is 1. The average molecular weight is 274 g/mol. The van der Waals surface area contributed by atoms with Gasteiger partial charge < -0.3 is 10.6 Å². The number of nitrogens with zero attached hydrogens (tertiary/aromatic N) is 3. The predicted molar refractivity (Wildman–Crippen MR) is 76.9 cm³/mol. The molecule has 0 aromatic carbocycles. The Morgan fingerprint density at radius 3 is 2.40 bits per heavy atom. The number of amides is 1. The van der Waals surface area contributed by atoms with Crippen LogP contribution in [-0.2, 0) is 11.3 Å². The van der Waals surface area contributed by atoms with Gasteiger partial charge in [-0.05, 0) is 37.0 Å². The molecule has 0 spiro atoms. The van der Waals surface area contributed by atoms with E-state index in [0.29, 0.717) is 0 Å². The average Bonchev–Trinajstić information content (AvgIpc) is 2.46. The van der Waals surface area contributed by atoms with Gasteiger partial charge in [0.25, 0.3) is 0 Å². The molecule has 1 aliphatic heterocycles. The number of carbonyl (C=O) groups is 1. The molecule has 1 amide bonds. The van der Waals surface area contributed by atoms with Gasteiger partial charge in [0.1, 0.15) is 0 Å². The van der Waals surface area contributed by atoms with Gasteiger partial charge in [-0.15, -0.1) is 0 Å². The van der Waals surface area contributed by atoms with Crippen LogP contribution >= 0.6 is 0 Å². The van der Waals surface area contributed by atoms with E-state index in [0.717, 1.165) is 52.0 Å². The molecule has 1 aliphatic carbocycles. The molecule has 2 N–H and O–H groups in total. The van der Waals surface area contributed by atoms with E-state index in [1.54, 1.807) is 0 Å². The third-order valence-electron chi connectivity index (χ3n) is 4.49. The van der Waals surface area contributed by atoms with Crippen LogP contribution in [0.3, 0.4) is 0 Å². The number of hydrogen-bond acceptors (Lipinski definition) is 4. The van der Waals surface area contributed by atoms with Crippen molar-refractivity contribution in [3.05, 3.63) is 30.1 Å². The number of aromatic nitrogens is 1. The molecular formula is C15H22N4O. The van der Waals surface area contributed by atoms with Crippen molar-refractivity contribution in [2.24, 2.45) is 5.73 Å². The summed E-state index contributed by atoms with van der Waals surface area (Å²) in [6, 6.07) is 4.08. The number of nitrogens with two attached hydrogens (primary N) is 1. The highest BCUT2D eigenvalue weighted by Gasteiger charge is 2.43. The van der Waals surface area contributed by atoms with Gasteiger partial charge in [-0.3, -0.25) is 14.7 Å². The maximum absolute atomic E-state index is 12.3. The molecule has 20 heavy (non-hydrogen) atoms. The summed E-state index contributed by atoms with van der Waals surface area (Å²) >= 11 is 0. The van der Waals surface area contributed by atoms with Gasteiger partial charge in [-0.2, -0.15) is 0 Å². The summed E-state index contributed by atoms with van der Waals surface area (Å²) in [5.41, 5.74) is 6.85. The molecule has 0 radical (unpaired) electrons. The van der Waals surface area contributed by atoms with Crippen molar-refractivity contribution in [1.29, 1.82) is 0 Å². The van der Waals surface area contributed by atoms with Gasteiger partial charge in [0.2, 0.25) is 5.91 Å². The minimum atomic E-state index is -0.548. The molecule has 5 heteroatoms. The lowest BCUT2D eigenvalue weighted by Gasteiger charge is -2.43. The number of carbonyl (C=O) groups excluding carboxylic acids is 1. The van der Waals surface area contributed by atoms with Crippen LogP contribution in [0.5, 0.6) is 0 Å². The largest absolute Gasteiger partial charge is 0.339 e. The molecule has 0 unspecified atom stereocenters. The number of rotatable bonds is 3. The van der Waals surface area contributed by atoms with Crippen molar-refractivity contribution in [2.75, 3.05) is 26.2 Å². The van der Waals surface area contributed by atoms with Gasteiger partial charge in [0.05, 0.1) is 5.54 Å². The molecule has 5 nitrogen and oxygen atoms in total. The molecule has 0 atom stereocenters. The monoisotopic (exact) mass is 274 g/mol. The zero-order valence-electron chi connectivity index (χ0n) is 11.8. The Kier molecular flexibility index (Phi) is 3.72. The summed E-state index contributed by atoms with van der Waals surface area (Å²) in [6.45, 7) is 4.36. The van der Waals surface area contributed by atoms with Crippen LogP contribution in [0.25, 0.3) is 0 Å². The van der Waals surface area contributed by atoms with E-state index >= 15 is 0 Å². The minimum Gasteiger partial charge on any atom is -0.339 e. The Morgan fingerprint density at radius 1 is 1.20 bits per heavy atom. The Morgan fingerprint density at radius 2 is 1.85 bits per heavy atom. The first-order valence-corrected chi connectivity index (χ1v) is 7.37. The summed E-state index contributed by atoms with van der Waals surface area (Å²) in [5.74, 6) is 0.160. The topological polar surface area (TPSA) is 62.5 Å². The van der Waals surface area contributed by atoms with E-state index in [1.165, 1.54) is 5.56 Å². The van der Waals surface area contributed by atoms with Crippen LogP contribution in [0.4, 0.5) is 0 Å². The molecule has 2 aliphatic rings. The first-order valence-electron chi connectivity index (χ1n) is 7.37. The lowest BCUT2D eigenvalue weighted by molar-refractivity contribution is -0.142. The second-order valence-electron chi connectivity index (χ2n) is 5.93. The smallest absolute Gasteiger partial charge is 0.242 e. The minimum absolute atomic E-state index is 0.160. The van der Waals surface area contributed by atoms with E-state index in [1.807, 2.05) is 29.4 Å². The third kappa shape index (κ3) is 2.69.